The molecule has 0 aliphatic carbocycles. The third-order valence-electron chi connectivity index (χ3n) is 2.34. The lowest BCUT2D eigenvalue weighted by atomic mass is 9.95. The zero-order valence-electron chi connectivity index (χ0n) is 10.1. The molecule has 4 nitrogen and oxygen atoms in total. The van der Waals surface area contributed by atoms with Crippen LogP contribution in [0.25, 0.3) is 10.2 Å². The highest BCUT2D eigenvalue weighted by atomic mass is 32.1. The van der Waals surface area contributed by atoms with E-state index in [4.69, 9.17) is 5.73 Å². The lowest BCUT2D eigenvalue weighted by Gasteiger charge is -2.17. The van der Waals surface area contributed by atoms with Crippen LogP contribution in [0.15, 0.2) is 18.2 Å². The number of fused-ring (bicyclic) bond motifs is 1. The van der Waals surface area contributed by atoms with Crippen molar-refractivity contribution in [3.8, 4) is 0 Å². The number of aromatic nitrogens is 1. The van der Waals surface area contributed by atoms with Gasteiger partial charge >= 0.3 is 0 Å². The fourth-order valence-corrected chi connectivity index (χ4v) is 2.11. The first-order valence-electron chi connectivity index (χ1n) is 5.34. The molecule has 2 aromatic rings. The molecule has 0 radical (unpaired) electrons. The minimum Gasteiger partial charge on any atom is -0.375 e. The topological polar surface area (TPSA) is 68.0 Å². The minimum atomic E-state index is -0.401. The van der Waals surface area contributed by atoms with E-state index in [1.54, 1.807) is 0 Å². The Morgan fingerprint density at radius 2 is 2.12 bits per heavy atom. The number of anilines is 2. The normalized spacial score (nSPS) is 11.7. The molecule has 1 aromatic carbocycles. The van der Waals surface area contributed by atoms with Gasteiger partial charge in [0.1, 0.15) is 0 Å². The first-order chi connectivity index (χ1) is 7.86. The molecule has 3 N–H and O–H groups in total. The monoisotopic (exact) mass is 249 g/mol. The van der Waals surface area contributed by atoms with E-state index in [1.165, 1.54) is 11.3 Å². The van der Waals surface area contributed by atoms with Gasteiger partial charge in [0.2, 0.25) is 5.91 Å². The van der Waals surface area contributed by atoms with Gasteiger partial charge in [0.15, 0.2) is 5.13 Å². The lowest BCUT2D eigenvalue weighted by molar-refractivity contribution is -0.123. The summed E-state index contributed by atoms with van der Waals surface area (Å²) in [6.07, 6.45) is 0. The molecule has 1 aromatic heterocycles. The molecule has 0 saturated carbocycles. The summed E-state index contributed by atoms with van der Waals surface area (Å²) in [5, 5.41) is 3.42. The van der Waals surface area contributed by atoms with Crippen molar-refractivity contribution in [2.45, 2.75) is 20.8 Å². The van der Waals surface area contributed by atoms with Crippen molar-refractivity contribution in [3.63, 3.8) is 0 Å². The van der Waals surface area contributed by atoms with Crippen molar-refractivity contribution in [1.82, 2.24) is 4.98 Å². The van der Waals surface area contributed by atoms with Crippen molar-refractivity contribution in [1.29, 1.82) is 0 Å². The molecule has 1 heterocycles. The maximum atomic E-state index is 11.8. The van der Waals surface area contributed by atoms with Crippen molar-refractivity contribution in [2.75, 3.05) is 11.1 Å². The highest BCUT2D eigenvalue weighted by Gasteiger charge is 2.21. The van der Waals surface area contributed by atoms with Gasteiger partial charge in [-0.05, 0) is 18.2 Å². The number of carbonyl (C=O) groups excluding carboxylic acids is 1. The number of thiazole rings is 1. The second-order valence-corrected chi connectivity index (χ2v) is 6.00. The summed E-state index contributed by atoms with van der Waals surface area (Å²) in [4.78, 5) is 16.0. The summed E-state index contributed by atoms with van der Waals surface area (Å²) in [6, 6.07) is 5.60. The van der Waals surface area contributed by atoms with Crippen LogP contribution in [0.4, 0.5) is 10.8 Å². The molecule has 17 heavy (non-hydrogen) atoms. The van der Waals surface area contributed by atoms with E-state index in [0.717, 1.165) is 15.9 Å². The van der Waals surface area contributed by atoms with E-state index >= 15 is 0 Å². The van der Waals surface area contributed by atoms with Crippen LogP contribution in [-0.2, 0) is 4.79 Å². The van der Waals surface area contributed by atoms with Crippen LogP contribution in [0.1, 0.15) is 20.8 Å². The SMILES string of the molecule is CC(C)(C)C(=O)Nc1ccc2nc(N)sc2c1. The quantitative estimate of drug-likeness (QED) is 0.816. The average molecular weight is 249 g/mol. The van der Waals surface area contributed by atoms with Crippen LogP contribution in [0, 0.1) is 5.41 Å². The molecule has 0 aliphatic rings. The molecule has 1 amide bonds. The molecule has 0 aliphatic heterocycles. The number of rotatable bonds is 1. The average Bonchev–Trinajstić information content (AvgIpc) is 2.55. The number of hydrogen-bond acceptors (Lipinski definition) is 4. The minimum absolute atomic E-state index is 0.00524. The van der Waals surface area contributed by atoms with Crippen LogP contribution in [0.2, 0.25) is 0 Å². The Morgan fingerprint density at radius 1 is 1.41 bits per heavy atom. The second kappa shape index (κ2) is 4.00. The van der Waals surface area contributed by atoms with E-state index in [0.29, 0.717) is 5.13 Å². The number of carbonyl (C=O) groups is 1. The first-order valence-corrected chi connectivity index (χ1v) is 6.15. The van der Waals surface area contributed by atoms with Gasteiger partial charge in [-0.1, -0.05) is 32.1 Å². The largest absolute Gasteiger partial charge is 0.375 e. The molecule has 0 bridgehead atoms. The van der Waals surface area contributed by atoms with E-state index in [9.17, 15) is 4.79 Å². The van der Waals surface area contributed by atoms with Gasteiger partial charge in [-0.25, -0.2) is 4.98 Å². The zero-order valence-corrected chi connectivity index (χ0v) is 10.9. The molecule has 2 rings (SSSR count). The van der Waals surface area contributed by atoms with E-state index < -0.39 is 5.41 Å². The number of nitrogens with zero attached hydrogens (tertiary/aromatic N) is 1. The number of nitrogens with one attached hydrogen (secondary N) is 1. The number of hydrogen-bond donors (Lipinski definition) is 2. The number of amides is 1. The van der Waals surface area contributed by atoms with Crippen LogP contribution >= 0.6 is 11.3 Å². The predicted octanol–water partition coefficient (Wildman–Crippen LogP) is 2.86. The standard InChI is InChI=1S/C12H15N3OS/c1-12(2,3)10(16)14-7-4-5-8-9(6-7)17-11(13)15-8/h4-6H,1-3H3,(H2,13,15)(H,14,16). The third kappa shape index (κ3) is 2.55. The van der Waals surface area contributed by atoms with Gasteiger partial charge < -0.3 is 11.1 Å². The van der Waals surface area contributed by atoms with Gasteiger partial charge in [-0.2, -0.15) is 0 Å². The summed E-state index contributed by atoms with van der Waals surface area (Å²) in [5.41, 5.74) is 6.87. The van der Waals surface area contributed by atoms with Gasteiger partial charge in [0, 0.05) is 11.1 Å². The Kier molecular flexibility index (Phi) is 2.79. The van der Waals surface area contributed by atoms with Gasteiger partial charge in [-0.15, -0.1) is 0 Å². The summed E-state index contributed by atoms with van der Waals surface area (Å²) in [7, 11) is 0. The lowest BCUT2D eigenvalue weighted by Crippen LogP contribution is -2.27. The van der Waals surface area contributed by atoms with E-state index in [1.807, 2.05) is 39.0 Å². The molecule has 90 valence electrons. The molecule has 0 saturated heterocycles. The number of nitrogen functional groups attached to an aromatic ring is 1. The molecule has 0 fully saturated rings. The summed E-state index contributed by atoms with van der Waals surface area (Å²) >= 11 is 1.42. The number of nitrogens with two attached hydrogens (primary N) is 1. The molecule has 0 spiro atoms. The Balaban J connectivity index is 2.28. The predicted molar refractivity (Wildman–Crippen MR) is 72.1 cm³/mol. The van der Waals surface area contributed by atoms with Crippen LogP contribution < -0.4 is 11.1 Å². The van der Waals surface area contributed by atoms with E-state index in [-0.39, 0.29) is 5.91 Å². The molecule has 0 unspecified atom stereocenters. The molecular formula is C12H15N3OS. The van der Waals surface area contributed by atoms with Crippen molar-refractivity contribution < 1.29 is 4.79 Å². The fourth-order valence-electron chi connectivity index (χ4n) is 1.34. The Bertz CT molecular complexity index is 569. The molecule has 5 heteroatoms. The first kappa shape index (κ1) is 11.9. The van der Waals surface area contributed by atoms with E-state index in [2.05, 4.69) is 10.3 Å². The summed E-state index contributed by atoms with van der Waals surface area (Å²) < 4.78 is 0.981. The molecular weight excluding hydrogens is 234 g/mol. The van der Waals surface area contributed by atoms with Crippen molar-refractivity contribution >= 4 is 38.3 Å². The van der Waals surface area contributed by atoms with Crippen molar-refractivity contribution in [2.24, 2.45) is 5.41 Å². The smallest absolute Gasteiger partial charge is 0.229 e. The number of benzene rings is 1. The van der Waals surface area contributed by atoms with Crippen LogP contribution in [0.5, 0.6) is 0 Å². The van der Waals surface area contributed by atoms with Crippen LogP contribution in [-0.4, -0.2) is 10.9 Å². The van der Waals surface area contributed by atoms with Gasteiger partial charge in [0.25, 0.3) is 0 Å². The fraction of sp³-hybridized carbons (Fsp3) is 0.333. The Labute approximate surface area is 104 Å². The Morgan fingerprint density at radius 3 is 2.76 bits per heavy atom. The van der Waals surface area contributed by atoms with Crippen LogP contribution in [0.3, 0.4) is 0 Å². The third-order valence-corrected chi connectivity index (χ3v) is 3.19. The maximum Gasteiger partial charge on any atom is 0.229 e. The maximum absolute atomic E-state index is 11.8. The van der Waals surface area contributed by atoms with Gasteiger partial charge in [-0.3, -0.25) is 4.79 Å². The Hall–Kier alpha value is -1.62. The summed E-state index contributed by atoms with van der Waals surface area (Å²) in [6.45, 7) is 5.64. The summed E-state index contributed by atoms with van der Waals surface area (Å²) in [5.74, 6) is -0.00524. The zero-order chi connectivity index (χ0) is 12.6. The highest BCUT2D eigenvalue weighted by molar-refractivity contribution is 7.22. The molecule has 0 atom stereocenters. The second-order valence-electron chi connectivity index (χ2n) is 4.94. The highest BCUT2D eigenvalue weighted by Crippen LogP contribution is 2.27. The van der Waals surface area contributed by atoms with Gasteiger partial charge in [0.05, 0.1) is 10.2 Å². The van der Waals surface area contributed by atoms with Crippen molar-refractivity contribution in [3.05, 3.63) is 18.2 Å².